The molecule has 1 rings (SSSR count). The summed E-state index contributed by atoms with van der Waals surface area (Å²) in [6, 6.07) is 0. The highest BCUT2D eigenvalue weighted by molar-refractivity contribution is 5.71. The molecule has 0 spiro atoms. The van der Waals surface area contributed by atoms with E-state index in [1.807, 2.05) is 6.08 Å². The smallest absolute Gasteiger partial charge is 0.309 e. The van der Waals surface area contributed by atoms with Gasteiger partial charge in [-0.15, -0.1) is 0 Å². The Morgan fingerprint density at radius 2 is 1.82 bits per heavy atom. The molecule has 6 heteroatoms. The Morgan fingerprint density at radius 3 is 2.50 bits per heavy atom. The van der Waals surface area contributed by atoms with Gasteiger partial charge in [0.1, 0.15) is 0 Å². The molecule has 0 heterocycles. The number of carboxylic acid groups (broad SMARTS) is 2. The first-order valence-electron chi connectivity index (χ1n) is 10.3. The van der Waals surface area contributed by atoms with Crippen molar-refractivity contribution in [2.75, 3.05) is 7.11 Å². The van der Waals surface area contributed by atoms with Gasteiger partial charge in [0.05, 0.1) is 19.4 Å². The van der Waals surface area contributed by atoms with Gasteiger partial charge in [0.25, 0.3) is 0 Å². The molecule has 28 heavy (non-hydrogen) atoms. The fraction of sp³-hybridized carbons (Fsp3) is 0.682. The standard InChI is InChI=1S/C22H34O6/c1-28-21(25)16-9-5-7-13-19(22(26)27)18-14-10-12-17(18)11-6-3-2-4-8-15-20(23)24/h5-6,9,11,17-19H,2-4,7-8,10,12-16H2,1H3,(H,23,24)(H,26,27)/t17-,18+,19+/m1/s1. The van der Waals surface area contributed by atoms with Crippen LogP contribution in [-0.4, -0.2) is 35.2 Å². The van der Waals surface area contributed by atoms with Crippen LogP contribution in [0.3, 0.4) is 0 Å². The van der Waals surface area contributed by atoms with Crippen molar-refractivity contribution < 1.29 is 29.3 Å². The Bertz CT molecular complexity index is 551. The van der Waals surface area contributed by atoms with Crippen LogP contribution in [0.2, 0.25) is 0 Å². The molecule has 0 aliphatic heterocycles. The van der Waals surface area contributed by atoms with Gasteiger partial charge >= 0.3 is 17.9 Å². The minimum atomic E-state index is -0.746. The zero-order chi connectivity index (χ0) is 20.8. The third kappa shape index (κ3) is 9.72. The van der Waals surface area contributed by atoms with E-state index in [4.69, 9.17) is 5.11 Å². The molecule has 1 aliphatic carbocycles. The van der Waals surface area contributed by atoms with Crippen LogP contribution >= 0.6 is 0 Å². The van der Waals surface area contributed by atoms with E-state index in [-0.39, 0.29) is 30.6 Å². The van der Waals surface area contributed by atoms with Gasteiger partial charge in [-0.2, -0.15) is 0 Å². The lowest BCUT2D eigenvalue weighted by Crippen LogP contribution is -2.25. The molecule has 0 aromatic rings. The van der Waals surface area contributed by atoms with E-state index in [2.05, 4.69) is 16.9 Å². The van der Waals surface area contributed by atoms with Crippen molar-refractivity contribution in [1.29, 1.82) is 0 Å². The van der Waals surface area contributed by atoms with E-state index in [0.717, 1.165) is 38.5 Å². The quantitative estimate of drug-likeness (QED) is 0.254. The molecule has 3 atom stereocenters. The average molecular weight is 395 g/mol. The number of carbonyl (C=O) groups excluding carboxylic acids is 1. The van der Waals surface area contributed by atoms with Crippen LogP contribution < -0.4 is 0 Å². The molecule has 2 N–H and O–H groups in total. The van der Waals surface area contributed by atoms with Gasteiger partial charge < -0.3 is 14.9 Å². The number of hydrogen-bond donors (Lipinski definition) is 2. The summed E-state index contributed by atoms with van der Waals surface area (Å²) in [5.41, 5.74) is 0. The summed E-state index contributed by atoms with van der Waals surface area (Å²) >= 11 is 0. The number of allylic oxidation sites excluding steroid dienone is 3. The molecule has 1 fully saturated rings. The van der Waals surface area contributed by atoms with E-state index in [0.29, 0.717) is 25.2 Å². The molecular weight excluding hydrogens is 360 g/mol. The van der Waals surface area contributed by atoms with Gasteiger partial charge in [0, 0.05) is 6.42 Å². The third-order valence-corrected chi connectivity index (χ3v) is 5.43. The summed E-state index contributed by atoms with van der Waals surface area (Å²) in [6.07, 6.45) is 16.1. The van der Waals surface area contributed by atoms with Crippen molar-refractivity contribution in [3.05, 3.63) is 24.3 Å². The van der Waals surface area contributed by atoms with Gasteiger partial charge in [-0.05, 0) is 56.8 Å². The van der Waals surface area contributed by atoms with Crippen molar-refractivity contribution in [1.82, 2.24) is 0 Å². The normalized spacial score (nSPS) is 20.6. The minimum Gasteiger partial charge on any atom is -0.481 e. The van der Waals surface area contributed by atoms with E-state index in [1.54, 1.807) is 6.08 Å². The second-order valence-electron chi connectivity index (χ2n) is 7.45. The van der Waals surface area contributed by atoms with Crippen molar-refractivity contribution >= 4 is 17.9 Å². The fourth-order valence-corrected chi connectivity index (χ4v) is 3.92. The molecule has 0 bridgehead atoms. The number of methoxy groups -OCH3 is 1. The number of unbranched alkanes of at least 4 members (excludes halogenated alkanes) is 3. The zero-order valence-corrected chi connectivity index (χ0v) is 16.8. The van der Waals surface area contributed by atoms with Gasteiger partial charge in [-0.1, -0.05) is 37.1 Å². The molecule has 1 aliphatic rings. The van der Waals surface area contributed by atoms with Crippen molar-refractivity contribution in [3.8, 4) is 0 Å². The van der Waals surface area contributed by atoms with Crippen LogP contribution in [0.4, 0.5) is 0 Å². The molecule has 158 valence electrons. The summed E-state index contributed by atoms with van der Waals surface area (Å²) in [4.78, 5) is 33.4. The van der Waals surface area contributed by atoms with Crippen LogP contribution in [0.5, 0.6) is 0 Å². The highest BCUT2D eigenvalue weighted by Crippen LogP contribution is 2.40. The van der Waals surface area contributed by atoms with Crippen LogP contribution in [0, 0.1) is 17.8 Å². The van der Waals surface area contributed by atoms with Gasteiger partial charge in [-0.25, -0.2) is 0 Å². The molecule has 0 unspecified atom stereocenters. The highest BCUT2D eigenvalue weighted by atomic mass is 16.5. The summed E-state index contributed by atoms with van der Waals surface area (Å²) in [5.74, 6) is -1.68. The second kappa shape index (κ2) is 14.0. The van der Waals surface area contributed by atoms with Gasteiger partial charge in [0.2, 0.25) is 0 Å². The number of hydrogen-bond acceptors (Lipinski definition) is 4. The molecule has 6 nitrogen and oxygen atoms in total. The molecule has 1 saturated carbocycles. The largest absolute Gasteiger partial charge is 0.481 e. The van der Waals surface area contributed by atoms with E-state index < -0.39 is 11.9 Å². The van der Waals surface area contributed by atoms with Gasteiger partial charge in [-0.3, -0.25) is 14.4 Å². The first-order valence-corrected chi connectivity index (χ1v) is 10.3. The van der Waals surface area contributed by atoms with Gasteiger partial charge in [0.15, 0.2) is 0 Å². The van der Waals surface area contributed by atoms with Crippen molar-refractivity contribution in [2.24, 2.45) is 17.8 Å². The average Bonchev–Trinajstić information content (AvgIpc) is 3.11. The number of carbonyl (C=O) groups is 3. The van der Waals surface area contributed by atoms with Crippen LogP contribution in [0.1, 0.15) is 70.6 Å². The Balaban J connectivity index is 2.42. The molecule has 0 aromatic heterocycles. The number of esters is 1. The van der Waals surface area contributed by atoms with Crippen molar-refractivity contribution in [2.45, 2.75) is 70.6 Å². The molecular formula is C22H34O6. The topological polar surface area (TPSA) is 101 Å². The summed E-state index contributed by atoms with van der Waals surface area (Å²) in [5, 5.41) is 18.3. The number of rotatable bonds is 14. The second-order valence-corrected chi connectivity index (χ2v) is 7.45. The van der Waals surface area contributed by atoms with E-state index >= 15 is 0 Å². The summed E-state index contributed by atoms with van der Waals surface area (Å²) < 4.78 is 4.57. The SMILES string of the molecule is COC(=O)CC=CCC[C@H](C(=O)O)[C@H]1CCC[C@H]1C=CCCCCCC(=O)O. The zero-order valence-electron chi connectivity index (χ0n) is 16.8. The Morgan fingerprint density at radius 1 is 1.04 bits per heavy atom. The maximum absolute atomic E-state index is 11.8. The number of ether oxygens (including phenoxy) is 1. The summed E-state index contributed by atoms with van der Waals surface area (Å²) in [6.45, 7) is 0. The molecule has 0 aromatic carbocycles. The Labute approximate surface area is 167 Å². The van der Waals surface area contributed by atoms with Crippen LogP contribution in [0.15, 0.2) is 24.3 Å². The van der Waals surface area contributed by atoms with Crippen LogP contribution in [-0.2, 0) is 19.1 Å². The fourth-order valence-electron chi connectivity index (χ4n) is 3.92. The van der Waals surface area contributed by atoms with E-state index in [9.17, 15) is 19.5 Å². The highest BCUT2D eigenvalue weighted by Gasteiger charge is 2.35. The first-order chi connectivity index (χ1) is 13.5. The maximum atomic E-state index is 11.8. The molecule has 0 amide bonds. The maximum Gasteiger partial charge on any atom is 0.309 e. The first kappa shape index (κ1) is 23.9. The predicted molar refractivity (Wildman–Crippen MR) is 107 cm³/mol. The number of carboxylic acids is 2. The monoisotopic (exact) mass is 394 g/mol. The lowest BCUT2D eigenvalue weighted by molar-refractivity contribution is -0.144. The summed E-state index contributed by atoms with van der Waals surface area (Å²) in [7, 11) is 1.35. The lowest BCUT2D eigenvalue weighted by atomic mass is 9.81. The Hall–Kier alpha value is -2.11. The predicted octanol–water partition coefficient (Wildman–Crippen LogP) is 4.59. The lowest BCUT2D eigenvalue weighted by Gasteiger charge is -2.23. The Kier molecular flexibility index (Phi) is 11.9. The third-order valence-electron chi connectivity index (χ3n) is 5.43. The number of aliphatic carboxylic acids is 2. The van der Waals surface area contributed by atoms with Crippen LogP contribution in [0.25, 0.3) is 0 Å². The minimum absolute atomic E-state index is 0.162. The molecule has 0 saturated heterocycles. The van der Waals surface area contributed by atoms with E-state index in [1.165, 1.54) is 7.11 Å². The van der Waals surface area contributed by atoms with Crippen molar-refractivity contribution in [3.63, 3.8) is 0 Å². The molecule has 0 radical (unpaired) electrons.